The maximum atomic E-state index is 14.4. The number of hydrogen-bond acceptors (Lipinski definition) is 2. The van der Waals surface area contributed by atoms with Gasteiger partial charge in [0.05, 0.1) is 24.5 Å². The lowest BCUT2D eigenvalue weighted by Crippen LogP contribution is -2.32. The highest BCUT2D eigenvalue weighted by atomic mass is 19.1. The molecule has 0 N–H and O–H groups in total. The van der Waals surface area contributed by atoms with Crippen LogP contribution in [0.15, 0.2) is 18.3 Å². The third-order valence-corrected chi connectivity index (χ3v) is 3.46. The molecule has 1 atom stereocenters. The second-order valence-electron chi connectivity index (χ2n) is 5.59. The summed E-state index contributed by atoms with van der Waals surface area (Å²) in [7, 11) is 0. The summed E-state index contributed by atoms with van der Waals surface area (Å²) in [5, 5.41) is 4.49. The first-order chi connectivity index (χ1) is 8.40. The maximum absolute atomic E-state index is 14.4. The van der Waals surface area contributed by atoms with E-state index in [0.29, 0.717) is 24.7 Å². The second-order valence-corrected chi connectivity index (χ2v) is 5.59. The van der Waals surface area contributed by atoms with Gasteiger partial charge in [-0.15, -0.1) is 0 Å². The molecule has 1 aromatic heterocycles. The Hall–Kier alpha value is -1.32. The van der Waals surface area contributed by atoms with E-state index in [1.165, 1.54) is 0 Å². The van der Waals surface area contributed by atoms with Crippen LogP contribution in [0.2, 0.25) is 0 Å². The number of halogens is 1. The van der Waals surface area contributed by atoms with Crippen LogP contribution < -0.4 is 0 Å². The van der Waals surface area contributed by atoms with Crippen LogP contribution in [0.5, 0.6) is 0 Å². The van der Waals surface area contributed by atoms with Crippen molar-refractivity contribution in [1.82, 2.24) is 14.7 Å². The van der Waals surface area contributed by atoms with Crippen molar-refractivity contribution in [3.05, 3.63) is 29.7 Å². The summed E-state index contributed by atoms with van der Waals surface area (Å²) < 4.78 is 16.1. The minimum Gasteiger partial charge on any atom is -0.368 e. The normalized spacial score (nSPS) is 20.5. The third-order valence-electron chi connectivity index (χ3n) is 3.46. The first-order valence-electron chi connectivity index (χ1n) is 6.56. The Kier molecular flexibility index (Phi) is 3.46. The average Bonchev–Trinajstić information content (AvgIpc) is 2.64. The number of rotatable bonds is 2. The van der Waals surface area contributed by atoms with Crippen molar-refractivity contribution in [2.75, 3.05) is 6.54 Å². The van der Waals surface area contributed by atoms with Crippen molar-refractivity contribution in [3.63, 3.8) is 0 Å². The van der Waals surface area contributed by atoms with Gasteiger partial charge in [0, 0.05) is 11.7 Å². The fourth-order valence-corrected chi connectivity index (χ4v) is 2.35. The fraction of sp³-hybridized carbons (Fsp3) is 0.643. The van der Waals surface area contributed by atoms with Gasteiger partial charge in [0.1, 0.15) is 0 Å². The van der Waals surface area contributed by atoms with Crippen LogP contribution in [-0.4, -0.2) is 27.3 Å². The van der Waals surface area contributed by atoms with Crippen molar-refractivity contribution >= 4 is 0 Å². The zero-order chi connectivity index (χ0) is 13.4. The van der Waals surface area contributed by atoms with Crippen molar-refractivity contribution in [1.29, 1.82) is 0 Å². The predicted molar refractivity (Wildman–Crippen MR) is 71.1 cm³/mol. The first-order valence-corrected chi connectivity index (χ1v) is 6.56. The smallest absolute Gasteiger partial charge is 0.159 e. The Morgan fingerprint density at radius 3 is 2.61 bits per heavy atom. The minimum absolute atomic E-state index is 0.268. The number of hydrogen-bond donors (Lipinski definition) is 0. The Balaban J connectivity index is 2.33. The molecular weight excluding hydrogens is 229 g/mol. The molecule has 1 aromatic rings. The van der Waals surface area contributed by atoms with Crippen LogP contribution in [0.25, 0.3) is 0 Å². The van der Waals surface area contributed by atoms with Gasteiger partial charge in [0.2, 0.25) is 0 Å². The summed E-state index contributed by atoms with van der Waals surface area (Å²) in [4.78, 5) is 2.02. The summed E-state index contributed by atoms with van der Waals surface area (Å²) in [5.41, 5.74) is 2.58. The molecule has 0 radical (unpaired) electrons. The zero-order valence-corrected chi connectivity index (χ0v) is 11.7. The first kappa shape index (κ1) is 13.1. The van der Waals surface area contributed by atoms with Gasteiger partial charge in [0.25, 0.3) is 0 Å². The van der Waals surface area contributed by atoms with Gasteiger partial charge < -0.3 is 4.90 Å². The van der Waals surface area contributed by atoms with Gasteiger partial charge in [-0.25, -0.2) is 4.39 Å². The molecular formula is C14H22FN3. The molecule has 0 spiro atoms. The molecule has 0 saturated carbocycles. The quantitative estimate of drug-likeness (QED) is 0.804. The maximum Gasteiger partial charge on any atom is 0.159 e. The lowest BCUT2D eigenvalue weighted by Gasteiger charge is -2.29. The van der Waals surface area contributed by atoms with E-state index in [0.717, 1.165) is 11.4 Å². The molecule has 1 unspecified atom stereocenters. The number of aromatic nitrogens is 2. The molecule has 2 heterocycles. The summed E-state index contributed by atoms with van der Waals surface area (Å²) in [6, 6.07) is 2.16. The molecule has 18 heavy (non-hydrogen) atoms. The minimum atomic E-state index is -0.994. The van der Waals surface area contributed by atoms with Crippen molar-refractivity contribution in [2.45, 2.75) is 52.4 Å². The third kappa shape index (κ3) is 2.28. The van der Waals surface area contributed by atoms with Gasteiger partial charge in [-0.3, -0.25) is 4.68 Å². The van der Waals surface area contributed by atoms with Gasteiger partial charge in [-0.1, -0.05) is 20.4 Å². The van der Waals surface area contributed by atoms with Crippen LogP contribution in [-0.2, 0) is 6.54 Å². The van der Waals surface area contributed by atoms with E-state index < -0.39 is 6.17 Å². The Labute approximate surface area is 108 Å². The van der Waals surface area contributed by atoms with Crippen LogP contribution in [0.4, 0.5) is 4.39 Å². The molecule has 4 heteroatoms. The molecule has 0 fully saturated rings. The van der Waals surface area contributed by atoms with Gasteiger partial charge in [0.15, 0.2) is 6.17 Å². The monoisotopic (exact) mass is 251 g/mol. The van der Waals surface area contributed by atoms with Crippen LogP contribution in [0.1, 0.15) is 51.2 Å². The van der Waals surface area contributed by atoms with E-state index in [9.17, 15) is 4.39 Å². The summed E-state index contributed by atoms with van der Waals surface area (Å²) in [6.07, 6.45) is -0.994. The SMILES string of the molecule is C=C1Cn2nc(C(C)C)cc2C(F)CN1C(C)C. The Morgan fingerprint density at radius 1 is 1.39 bits per heavy atom. The van der Waals surface area contributed by atoms with Crippen LogP contribution in [0, 0.1) is 0 Å². The average molecular weight is 251 g/mol. The molecule has 100 valence electrons. The standard InChI is InChI=1S/C14H22FN3/c1-9(2)13-6-14-12(15)8-17(10(3)4)11(5)7-18(14)16-13/h6,9-10,12H,5,7-8H2,1-4H3. The second kappa shape index (κ2) is 4.75. The van der Waals surface area contributed by atoms with Gasteiger partial charge in [-0.05, 0) is 25.8 Å². The molecule has 3 nitrogen and oxygen atoms in total. The summed E-state index contributed by atoms with van der Waals surface area (Å²) in [5.74, 6) is 0.325. The van der Waals surface area contributed by atoms with Gasteiger partial charge >= 0.3 is 0 Å². The Bertz CT molecular complexity index is 448. The number of allylic oxidation sites excluding steroid dienone is 1. The molecule has 0 bridgehead atoms. The summed E-state index contributed by atoms with van der Waals surface area (Å²) in [6.45, 7) is 13.3. The van der Waals surface area contributed by atoms with E-state index in [-0.39, 0.29) is 6.04 Å². The highest BCUT2D eigenvalue weighted by Gasteiger charge is 2.27. The number of fused-ring (bicyclic) bond motifs is 1. The van der Waals surface area contributed by atoms with Crippen molar-refractivity contribution < 1.29 is 4.39 Å². The molecule has 0 amide bonds. The fourth-order valence-electron chi connectivity index (χ4n) is 2.35. The van der Waals surface area contributed by atoms with E-state index in [4.69, 9.17) is 0 Å². The lowest BCUT2D eigenvalue weighted by atomic mass is 10.1. The van der Waals surface area contributed by atoms with Gasteiger partial charge in [-0.2, -0.15) is 5.10 Å². The molecule has 2 rings (SSSR count). The molecule has 0 aliphatic carbocycles. The predicted octanol–water partition coefficient (Wildman–Crippen LogP) is 3.25. The highest BCUT2D eigenvalue weighted by Crippen LogP contribution is 2.29. The number of alkyl halides is 1. The Morgan fingerprint density at radius 2 is 2.06 bits per heavy atom. The molecule has 1 aliphatic rings. The molecule has 1 aliphatic heterocycles. The van der Waals surface area contributed by atoms with Crippen molar-refractivity contribution in [2.24, 2.45) is 0 Å². The highest BCUT2D eigenvalue weighted by molar-refractivity contribution is 5.19. The van der Waals surface area contributed by atoms with E-state index >= 15 is 0 Å². The lowest BCUT2D eigenvalue weighted by molar-refractivity contribution is 0.203. The van der Waals surface area contributed by atoms with Crippen LogP contribution in [0.3, 0.4) is 0 Å². The molecule has 0 aromatic carbocycles. The van der Waals surface area contributed by atoms with Crippen LogP contribution >= 0.6 is 0 Å². The molecule has 0 saturated heterocycles. The zero-order valence-electron chi connectivity index (χ0n) is 11.7. The summed E-state index contributed by atoms with van der Waals surface area (Å²) >= 11 is 0. The largest absolute Gasteiger partial charge is 0.368 e. The van der Waals surface area contributed by atoms with E-state index in [2.05, 4.69) is 39.4 Å². The van der Waals surface area contributed by atoms with E-state index in [1.807, 2.05) is 11.0 Å². The van der Waals surface area contributed by atoms with Crippen molar-refractivity contribution in [3.8, 4) is 0 Å². The topological polar surface area (TPSA) is 21.1 Å². The van der Waals surface area contributed by atoms with E-state index in [1.54, 1.807) is 4.68 Å². The number of nitrogens with zero attached hydrogens (tertiary/aromatic N) is 3.